The van der Waals surface area contributed by atoms with E-state index in [2.05, 4.69) is 15.9 Å². The fourth-order valence-corrected chi connectivity index (χ4v) is 1.91. The van der Waals surface area contributed by atoms with E-state index in [1.807, 2.05) is 18.2 Å². The van der Waals surface area contributed by atoms with E-state index in [-0.39, 0.29) is 0 Å². The molecule has 1 saturated heterocycles. The largest absolute Gasteiger partial charge is 0.492 e. The van der Waals surface area contributed by atoms with Crippen LogP contribution in [-0.2, 0) is 4.74 Å². The lowest BCUT2D eigenvalue weighted by Gasteiger charge is -2.12. The molecule has 4 heteroatoms. The summed E-state index contributed by atoms with van der Waals surface area (Å²) >= 11 is 3.43. The third-order valence-corrected chi connectivity index (χ3v) is 3.11. The summed E-state index contributed by atoms with van der Waals surface area (Å²) in [6.07, 6.45) is 1.08. The number of ether oxygens (including phenoxy) is 2. The molecule has 0 spiro atoms. The van der Waals surface area contributed by atoms with Crippen LogP contribution in [0.4, 0.5) is 5.69 Å². The van der Waals surface area contributed by atoms with E-state index < -0.39 is 0 Å². The molecule has 1 aliphatic rings. The van der Waals surface area contributed by atoms with Crippen LogP contribution in [0.3, 0.4) is 0 Å². The van der Waals surface area contributed by atoms with Crippen LogP contribution in [0.2, 0.25) is 0 Å². The summed E-state index contributed by atoms with van der Waals surface area (Å²) in [6.45, 7) is 2.36. The average molecular weight is 272 g/mol. The summed E-state index contributed by atoms with van der Waals surface area (Å²) in [7, 11) is 0. The first-order valence-corrected chi connectivity index (χ1v) is 5.80. The van der Waals surface area contributed by atoms with Gasteiger partial charge in [-0.3, -0.25) is 0 Å². The molecule has 15 heavy (non-hydrogen) atoms. The van der Waals surface area contributed by atoms with Crippen molar-refractivity contribution in [2.75, 3.05) is 25.6 Å². The number of hydrogen-bond acceptors (Lipinski definition) is 3. The van der Waals surface area contributed by atoms with Gasteiger partial charge in [-0.25, -0.2) is 0 Å². The Morgan fingerprint density at radius 3 is 3.13 bits per heavy atom. The maximum Gasteiger partial charge on any atom is 0.135 e. The Hall–Kier alpha value is -0.740. The van der Waals surface area contributed by atoms with E-state index in [9.17, 15) is 0 Å². The number of anilines is 1. The van der Waals surface area contributed by atoms with Gasteiger partial charge < -0.3 is 15.2 Å². The quantitative estimate of drug-likeness (QED) is 0.859. The van der Waals surface area contributed by atoms with Gasteiger partial charge in [0, 0.05) is 24.3 Å². The highest BCUT2D eigenvalue weighted by molar-refractivity contribution is 9.10. The summed E-state index contributed by atoms with van der Waals surface area (Å²) in [5, 5.41) is 0. The van der Waals surface area contributed by atoms with Crippen molar-refractivity contribution in [1.29, 1.82) is 0 Å². The Balaban J connectivity index is 1.94. The van der Waals surface area contributed by atoms with Gasteiger partial charge in [0.25, 0.3) is 0 Å². The maximum atomic E-state index is 5.69. The monoisotopic (exact) mass is 271 g/mol. The van der Waals surface area contributed by atoms with Crippen LogP contribution < -0.4 is 10.5 Å². The molecule has 1 aromatic carbocycles. The van der Waals surface area contributed by atoms with E-state index in [1.54, 1.807) is 0 Å². The summed E-state index contributed by atoms with van der Waals surface area (Å²) < 4.78 is 11.9. The van der Waals surface area contributed by atoms with Crippen LogP contribution in [-0.4, -0.2) is 19.8 Å². The second kappa shape index (κ2) is 4.86. The third kappa shape index (κ3) is 2.86. The molecule has 2 N–H and O–H groups in total. The molecular weight excluding hydrogens is 258 g/mol. The van der Waals surface area contributed by atoms with Gasteiger partial charge in [-0.2, -0.15) is 0 Å². The molecule has 1 fully saturated rings. The highest BCUT2D eigenvalue weighted by atomic mass is 79.9. The Labute approximate surface area is 97.7 Å². The zero-order valence-corrected chi connectivity index (χ0v) is 10.00. The van der Waals surface area contributed by atoms with Crippen molar-refractivity contribution in [2.24, 2.45) is 5.92 Å². The zero-order valence-electron chi connectivity index (χ0n) is 8.41. The Morgan fingerprint density at radius 2 is 2.40 bits per heavy atom. The summed E-state index contributed by atoms with van der Waals surface area (Å²) in [4.78, 5) is 0. The average Bonchev–Trinajstić information content (AvgIpc) is 2.72. The highest BCUT2D eigenvalue weighted by Gasteiger charge is 2.16. The lowest BCUT2D eigenvalue weighted by molar-refractivity contribution is 0.167. The molecule has 0 aliphatic carbocycles. The van der Waals surface area contributed by atoms with Gasteiger partial charge in [0.2, 0.25) is 0 Å². The molecule has 1 heterocycles. The predicted molar refractivity (Wildman–Crippen MR) is 63.0 cm³/mol. The maximum absolute atomic E-state index is 5.69. The molecule has 82 valence electrons. The number of nitrogens with two attached hydrogens (primary N) is 1. The van der Waals surface area contributed by atoms with Crippen molar-refractivity contribution in [1.82, 2.24) is 0 Å². The van der Waals surface area contributed by atoms with Gasteiger partial charge in [-0.15, -0.1) is 0 Å². The molecule has 2 rings (SSSR count). The second-order valence-corrected chi connectivity index (χ2v) is 4.58. The second-order valence-electron chi connectivity index (χ2n) is 3.73. The molecule has 1 atom stereocenters. The molecule has 1 unspecified atom stereocenters. The molecule has 0 amide bonds. The Morgan fingerprint density at radius 1 is 1.53 bits per heavy atom. The van der Waals surface area contributed by atoms with Crippen LogP contribution in [0.5, 0.6) is 5.75 Å². The first kappa shape index (κ1) is 10.8. The van der Waals surface area contributed by atoms with Crippen molar-refractivity contribution in [2.45, 2.75) is 6.42 Å². The lowest BCUT2D eigenvalue weighted by atomic mass is 10.1. The topological polar surface area (TPSA) is 44.5 Å². The van der Waals surface area contributed by atoms with Gasteiger partial charge in [-0.1, -0.05) is 0 Å². The number of rotatable bonds is 3. The van der Waals surface area contributed by atoms with Gasteiger partial charge in [0.05, 0.1) is 17.7 Å². The molecule has 1 aromatic rings. The van der Waals surface area contributed by atoms with Crippen molar-refractivity contribution in [3.8, 4) is 5.75 Å². The summed E-state index contributed by atoms with van der Waals surface area (Å²) in [6, 6.07) is 5.57. The van der Waals surface area contributed by atoms with E-state index in [0.29, 0.717) is 12.5 Å². The van der Waals surface area contributed by atoms with E-state index in [0.717, 1.165) is 35.5 Å². The minimum Gasteiger partial charge on any atom is -0.492 e. The van der Waals surface area contributed by atoms with Gasteiger partial charge in [0.1, 0.15) is 5.75 Å². The normalized spacial score (nSPS) is 20.5. The SMILES string of the molecule is Nc1ccc(Br)c(OCC2CCOC2)c1. The van der Waals surface area contributed by atoms with E-state index in [4.69, 9.17) is 15.2 Å². The van der Waals surface area contributed by atoms with Crippen molar-refractivity contribution in [3.63, 3.8) is 0 Å². The van der Waals surface area contributed by atoms with Gasteiger partial charge in [-0.05, 0) is 34.5 Å². The number of benzene rings is 1. The molecule has 0 bridgehead atoms. The Kier molecular flexibility index (Phi) is 3.49. The van der Waals surface area contributed by atoms with Crippen molar-refractivity contribution >= 4 is 21.6 Å². The first-order chi connectivity index (χ1) is 7.25. The van der Waals surface area contributed by atoms with Crippen molar-refractivity contribution in [3.05, 3.63) is 22.7 Å². The number of hydrogen-bond donors (Lipinski definition) is 1. The Bertz CT molecular complexity index is 337. The van der Waals surface area contributed by atoms with E-state index in [1.165, 1.54) is 0 Å². The van der Waals surface area contributed by atoms with Crippen LogP contribution in [0.25, 0.3) is 0 Å². The zero-order chi connectivity index (χ0) is 10.7. The summed E-state index contributed by atoms with van der Waals surface area (Å²) in [5.41, 5.74) is 6.40. The molecule has 0 aromatic heterocycles. The minimum absolute atomic E-state index is 0.512. The minimum atomic E-state index is 0.512. The smallest absolute Gasteiger partial charge is 0.135 e. The molecule has 0 radical (unpaired) electrons. The number of nitrogen functional groups attached to an aromatic ring is 1. The van der Waals surface area contributed by atoms with Gasteiger partial charge in [0.15, 0.2) is 0 Å². The standard InChI is InChI=1S/C11H14BrNO2/c12-10-2-1-9(13)5-11(10)15-7-8-3-4-14-6-8/h1-2,5,8H,3-4,6-7,13H2. The third-order valence-electron chi connectivity index (χ3n) is 2.45. The molecular formula is C11H14BrNO2. The van der Waals surface area contributed by atoms with Crippen LogP contribution in [0.1, 0.15) is 6.42 Å². The van der Waals surface area contributed by atoms with Gasteiger partial charge >= 0.3 is 0 Å². The summed E-state index contributed by atoms with van der Waals surface area (Å²) in [5.74, 6) is 1.32. The fraction of sp³-hybridized carbons (Fsp3) is 0.455. The van der Waals surface area contributed by atoms with Crippen LogP contribution in [0.15, 0.2) is 22.7 Å². The molecule has 1 aliphatic heterocycles. The lowest BCUT2D eigenvalue weighted by Crippen LogP contribution is -2.11. The fourth-order valence-electron chi connectivity index (χ4n) is 1.55. The van der Waals surface area contributed by atoms with E-state index >= 15 is 0 Å². The highest BCUT2D eigenvalue weighted by Crippen LogP contribution is 2.28. The van der Waals surface area contributed by atoms with Crippen molar-refractivity contribution < 1.29 is 9.47 Å². The molecule has 0 saturated carbocycles. The first-order valence-electron chi connectivity index (χ1n) is 5.01. The number of halogens is 1. The predicted octanol–water partition coefficient (Wildman–Crippen LogP) is 2.45. The van der Waals surface area contributed by atoms with Crippen LogP contribution >= 0.6 is 15.9 Å². The van der Waals surface area contributed by atoms with Crippen LogP contribution in [0, 0.1) is 5.92 Å². The molecule has 3 nitrogen and oxygen atoms in total.